The van der Waals surface area contributed by atoms with Gasteiger partial charge >= 0.3 is 0 Å². The molecule has 1 heterocycles. The summed E-state index contributed by atoms with van der Waals surface area (Å²) in [6.07, 6.45) is 2.12. The molecule has 2 nitrogen and oxygen atoms in total. The number of hydrogen-bond acceptors (Lipinski definition) is 1. The zero-order valence-electron chi connectivity index (χ0n) is 11.8. The highest BCUT2D eigenvalue weighted by Gasteiger charge is 2.10. The molecule has 0 aliphatic heterocycles. The van der Waals surface area contributed by atoms with Crippen LogP contribution in [0.25, 0.3) is 0 Å². The predicted octanol–water partition coefficient (Wildman–Crippen LogP) is 4.08. The second-order valence-electron chi connectivity index (χ2n) is 5.86. The summed E-state index contributed by atoms with van der Waals surface area (Å²) >= 11 is 5.91. The van der Waals surface area contributed by atoms with Gasteiger partial charge in [-0.1, -0.05) is 23.7 Å². The minimum atomic E-state index is 0.134. The summed E-state index contributed by atoms with van der Waals surface area (Å²) in [5.74, 6) is 0. The van der Waals surface area contributed by atoms with E-state index >= 15 is 0 Å². The van der Waals surface area contributed by atoms with Crippen molar-refractivity contribution in [3.8, 4) is 0 Å². The van der Waals surface area contributed by atoms with Gasteiger partial charge in [0.25, 0.3) is 0 Å². The van der Waals surface area contributed by atoms with Crippen LogP contribution in [0.15, 0.2) is 42.6 Å². The Morgan fingerprint density at radius 1 is 1.11 bits per heavy atom. The summed E-state index contributed by atoms with van der Waals surface area (Å²) in [7, 11) is 0. The van der Waals surface area contributed by atoms with Gasteiger partial charge < -0.3 is 9.88 Å². The monoisotopic (exact) mass is 276 g/mol. The third-order valence-electron chi connectivity index (χ3n) is 2.99. The Bertz CT molecular complexity index is 520. The number of rotatable bonds is 4. The van der Waals surface area contributed by atoms with E-state index in [0.717, 1.165) is 18.1 Å². The molecule has 2 aromatic rings. The molecule has 1 aromatic heterocycles. The Morgan fingerprint density at radius 2 is 1.79 bits per heavy atom. The summed E-state index contributed by atoms with van der Waals surface area (Å²) in [6.45, 7) is 8.30. The number of hydrogen-bond donors (Lipinski definition) is 1. The summed E-state index contributed by atoms with van der Waals surface area (Å²) in [4.78, 5) is 0. The van der Waals surface area contributed by atoms with Gasteiger partial charge in [-0.3, -0.25) is 0 Å². The standard InChI is InChI=1S/C16H21ClN2/c1-16(2,3)18-11-15-5-4-10-19(15)12-13-6-8-14(17)9-7-13/h4-10,18H,11-12H2,1-3H3. The molecule has 1 aromatic carbocycles. The summed E-state index contributed by atoms with van der Waals surface area (Å²) < 4.78 is 2.27. The van der Waals surface area contributed by atoms with E-state index in [-0.39, 0.29) is 5.54 Å². The maximum Gasteiger partial charge on any atom is 0.0473 e. The van der Waals surface area contributed by atoms with Gasteiger partial charge in [-0.05, 0) is 50.6 Å². The van der Waals surface area contributed by atoms with E-state index in [1.807, 2.05) is 12.1 Å². The van der Waals surface area contributed by atoms with E-state index in [0.29, 0.717) is 0 Å². The number of benzene rings is 1. The van der Waals surface area contributed by atoms with E-state index in [1.165, 1.54) is 11.3 Å². The van der Waals surface area contributed by atoms with Crippen molar-refractivity contribution in [1.29, 1.82) is 0 Å². The van der Waals surface area contributed by atoms with E-state index < -0.39 is 0 Å². The van der Waals surface area contributed by atoms with Crippen molar-refractivity contribution in [1.82, 2.24) is 9.88 Å². The largest absolute Gasteiger partial charge is 0.346 e. The fourth-order valence-electron chi connectivity index (χ4n) is 1.91. The molecule has 0 atom stereocenters. The van der Waals surface area contributed by atoms with Gasteiger partial charge in [-0.15, -0.1) is 0 Å². The number of nitrogens with zero attached hydrogens (tertiary/aromatic N) is 1. The molecule has 0 saturated heterocycles. The Kier molecular flexibility index (Phi) is 4.33. The van der Waals surface area contributed by atoms with Crippen LogP contribution in [-0.4, -0.2) is 10.1 Å². The Balaban J connectivity index is 2.05. The molecule has 19 heavy (non-hydrogen) atoms. The molecular formula is C16H21ClN2. The topological polar surface area (TPSA) is 17.0 Å². The summed E-state index contributed by atoms with van der Waals surface area (Å²) in [5.41, 5.74) is 2.69. The first-order valence-electron chi connectivity index (χ1n) is 6.57. The van der Waals surface area contributed by atoms with Crippen molar-refractivity contribution in [3.63, 3.8) is 0 Å². The van der Waals surface area contributed by atoms with E-state index in [2.05, 4.69) is 61.1 Å². The lowest BCUT2D eigenvalue weighted by Crippen LogP contribution is -2.35. The molecule has 1 N–H and O–H groups in total. The van der Waals surface area contributed by atoms with Gasteiger partial charge in [0, 0.05) is 35.5 Å². The first-order valence-corrected chi connectivity index (χ1v) is 6.95. The predicted molar refractivity (Wildman–Crippen MR) is 81.6 cm³/mol. The molecule has 0 fully saturated rings. The van der Waals surface area contributed by atoms with Gasteiger partial charge in [0.15, 0.2) is 0 Å². The van der Waals surface area contributed by atoms with Crippen molar-refractivity contribution in [3.05, 3.63) is 58.9 Å². The van der Waals surface area contributed by atoms with E-state index in [1.54, 1.807) is 0 Å². The third-order valence-corrected chi connectivity index (χ3v) is 3.24. The molecule has 0 radical (unpaired) electrons. The molecule has 0 bridgehead atoms. The van der Waals surface area contributed by atoms with Crippen molar-refractivity contribution < 1.29 is 0 Å². The quantitative estimate of drug-likeness (QED) is 0.890. The van der Waals surface area contributed by atoms with Crippen LogP contribution in [0, 0.1) is 0 Å². The normalized spacial score (nSPS) is 11.8. The number of halogens is 1. The zero-order valence-corrected chi connectivity index (χ0v) is 12.5. The van der Waals surface area contributed by atoms with Crippen LogP contribution in [-0.2, 0) is 13.1 Å². The fourth-order valence-corrected chi connectivity index (χ4v) is 2.03. The Labute approximate surface area is 120 Å². The fraction of sp³-hybridized carbons (Fsp3) is 0.375. The second-order valence-corrected chi connectivity index (χ2v) is 6.29. The maximum absolute atomic E-state index is 5.91. The van der Waals surface area contributed by atoms with Crippen LogP contribution in [0.2, 0.25) is 5.02 Å². The van der Waals surface area contributed by atoms with Crippen LogP contribution in [0.3, 0.4) is 0 Å². The Morgan fingerprint density at radius 3 is 2.42 bits per heavy atom. The minimum absolute atomic E-state index is 0.134. The van der Waals surface area contributed by atoms with Gasteiger partial charge in [0.1, 0.15) is 0 Å². The smallest absolute Gasteiger partial charge is 0.0473 e. The molecule has 0 saturated carbocycles. The Hall–Kier alpha value is -1.25. The molecule has 0 unspecified atom stereocenters. The van der Waals surface area contributed by atoms with Gasteiger partial charge in [0.05, 0.1) is 0 Å². The lowest BCUT2D eigenvalue weighted by molar-refractivity contribution is 0.417. The molecule has 0 spiro atoms. The first kappa shape index (κ1) is 14.2. The van der Waals surface area contributed by atoms with Crippen molar-refractivity contribution in [2.24, 2.45) is 0 Å². The van der Waals surface area contributed by atoms with Crippen LogP contribution < -0.4 is 5.32 Å². The molecule has 0 aliphatic carbocycles. The molecule has 102 valence electrons. The van der Waals surface area contributed by atoms with Crippen LogP contribution >= 0.6 is 11.6 Å². The van der Waals surface area contributed by atoms with E-state index in [4.69, 9.17) is 11.6 Å². The van der Waals surface area contributed by atoms with Crippen LogP contribution in [0.5, 0.6) is 0 Å². The first-order chi connectivity index (χ1) is 8.94. The highest BCUT2D eigenvalue weighted by atomic mass is 35.5. The van der Waals surface area contributed by atoms with Crippen LogP contribution in [0.1, 0.15) is 32.0 Å². The third kappa shape index (κ3) is 4.41. The number of aromatic nitrogens is 1. The molecule has 0 amide bonds. The molecular weight excluding hydrogens is 256 g/mol. The summed E-state index contributed by atoms with van der Waals surface area (Å²) in [5, 5.41) is 4.30. The summed E-state index contributed by atoms with van der Waals surface area (Å²) in [6, 6.07) is 12.3. The average molecular weight is 277 g/mol. The molecule has 0 aliphatic rings. The highest BCUT2D eigenvalue weighted by molar-refractivity contribution is 6.30. The van der Waals surface area contributed by atoms with E-state index in [9.17, 15) is 0 Å². The molecule has 2 rings (SSSR count). The lowest BCUT2D eigenvalue weighted by Gasteiger charge is -2.21. The van der Waals surface area contributed by atoms with Gasteiger partial charge in [-0.2, -0.15) is 0 Å². The van der Waals surface area contributed by atoms with Crippen LogP contribution in [0.4, 0.5) is 0 Å². The van der Waals surface area contributed by atoms with Crippen molar-refractivity contribution >= 4 is 11.6 Å². The van der Waals surface area contributed by atoms with Crippen molar-refractivity contribution in [2.45, 2.75) is 39.4 Å². The van der Waals surface area contributed by atoms with Crippen molar-refractivity contribution in [2.75, 3.05) is 0 Å². The molecule has 3 heteroatoms. The number of nitrogens with one attached hydrogen (secondary N) is 1. The van der Waals surface area contributed by atoms with Gasteiger partial charge in [-0.25, -0.2) is 0 Å². The highest BCUT2D eigenvalue weighted by Crippen LogP contribution is 2.13. The average Bonchev–Trinajstić information content (AvgIpc) is 2.76. The lowest BCUT2D eigenvalue weighted by atomic mass is 10.1. The zero-order chi connectivity index (χ0) is 13.9. The SMILES string of the molecule is CC(C)(C)NCc1cccn1Cc1ccc(Cl)cc1. The maximum atomic E-state index is 5.91. The van der Waals surface area contributed by atoms with Gasteiger partial charge in [0.2, 0.25) is 0 Å². The second kappa shape index (κ2) is 5.81. The minimum Gasteiger partial charge on any atom is -0.346 e.